The molecular weight excluding hydrogens is 314 g/mol. The van der Waals surface area contributed by atoms with Gasteiger partial charge in [0.2, 0.25) is 0 Å². The molecule has 1 aromatic carbocycles. The molecule has 25 heavy (non-hydrogen) atoms. The number of hydrogen-bond acceptors (Lipinski definition) is 3. The van der Waals surface area contributed by atoms with Crippen LogP contribution in [0.4, 0.5) is 0 Å². The van der Waals surface area contributed by atoms with E-state index in [9.17, 15) is 9.90 Å². The molecule has 4 rings (SSSR count). The van der Waals surface area contributed by atoms with Crippen LogP contribution in [-0.4, -0.2) is 33.4 Å². The highest BCUT2D eigenvalue weighted by molar-refractivity contribution is 5.97. The first kappa shape index (κ1) is 16.3. The third-order valence-electron chi connectivity index (χ3n) is 5.50. The van der Waals surface area contributed by atoms with E-state index >= 15 is 0 Å². The zero-order valence-electron chi connectivity index (χ0n) is 14.5. The highest BCUT2D eigenvalue weighted by Crippen LogP contribution is 2.41. The Labute approximate surface area is 147 Å². The third-order valence-corrected chi connectivity index (χ3v) is 5.50. The van der Waals surface area contributed by atoms with Crippen molar-refractivity contribution in [2.24, 2.45) is 5.92 Å². The van der Waals surface area contributed by atoms with E-state index in [0.29, 0.717) is 11.8 Å². The molecule has 1 amide bonds. The number of amides is 1. The molecule has 0 saturated heterocycles. The van der Waals surface area contributed by atoms with Crippen molar-refractivity contribution < 1.29 is 9.90 Å². The van der Waals surface area contributed by atoms with Gasteiger partial charge in [-0.2, -0.15) is 5.10 Å². The second-order valence-corrected chi connectivity index (χ2v) is 7.54. The van der Waals surface area contributed by atoms with Gasteiger partial charge < -0.3 is 10.4 Å². The zero-order valence-corrected chi connectivity index (χ0v) is 14.5. The molecule has 2 aliphatic rings. The van der Waals surface area contributed by atoms with Gasteiger partial charge >= 0.3 is 0 Å². The minimum Gasteiger partial charge on any atom is -0.393 e. The SMILES string of the molecule is Cc1[nH]nc(C2CC2)c1C(=O)NC(Cc1ccccc1)C1CC(O)C1. The Kier molecular flexibility index (Phi) is 4.34. The summed E-state index contributed by atoms with van der Waals surface area (Å²) in [5.74, 6) is 0.731. The zero-order chi connectivity index (χ0) is 17.4. The summed E-state index contributed by atoms with van der Waals surface area (Å²) in [5, 5.41) is 20.3. The normalized spacial score (nSPS) is 23.8. The molecule has 1 unspecified atom stereocenters. The Morgan fingerprint density at radius 3 is 2.68 bits per heavy atom. The van der Waals surface area contributed by atoms with Crippen LogP contribution in [0.3, 0.4) is 0 Å². The van der Waals surface area contributed by atoms with Crippen LogP contribution in [0.1, 0.15) is 58.9 Å². The number of aliphatic hydroxyl groups is 1. The molecule has 2 aromatic rings. The van der Waals surface area contributed by atoms with Crippen molar-refractivity contribution in [1.82, 2.24) is 15.5 Å². The van der Waals surface area contributed by atoms with Gasteiger partial charge in [0.15, 0.2) is 0 Å². The van der Waals surface area contributed by atoms with Crippen LogP contribution < -0.4 is 5.32 Å². The summed E-state index contributed by atoms with van der Waals surface area (Å²) in [6.45, 7) is 1.91. The largest absolute Gasteiger partial charge is 0.393 e. The Hall–Kier alpha value is -2.14. The first-order chi connectivity index (χ1) is 12.1. The fourth-order valence-corrected chi connectivity index (χ4v) is 3.79. The average molecular weight is 339 g/mol. The maximum atomic E-state index is 13.0. The molecule has 2 fully saturated rings. The summed E-state index contributed by atoms with van der Waals surface area (Å²) >= 11 is 0. The summed E-state index contributed by atoms with van der Waals surface area (Å²) in [6.07, 6.45) is 4.33. The van der Waals surface area contributed by atoms with Gasteiger partial charge in [0.25, 0.3) is 5.91 Å². The molecule has 0 spiro atoms. The monoisotopic (exact) mass is 339 g/mol. The Morgan fingerprint density at radius 1 is 1.32 bits per heavy atom. The number of carbonyl (C=O) groups excluding carboxylic acids is 1. The lowest BCUT2D eigenvalue weighted by Crippen LogP contribution is -2.48. The molecule has 3 N–H and O–H groups in total. The van der Waals surface area contributed by atoms with Gasteiger partial charge in [0.1, 0.15) is 0 Å². The van der Waals surface area contributed by atoms with E-state index < -0.39 is 0 Å². The molecule has 0 aliphatic heterocycles. The highest BCUT2D eigenvalue weighted by atomic mass is 16.3. The van der Waals surface area contributed by atoms with Crippen molar-refractivity contribution in [2.45, 2.75) is 57.1 Å². The first-order valence-electron chi connectivity index (χ1n) is 9.19. The van der Waals surface area contributed by atoms with E-state index in [0.717, 1.165) is 49.1 Å². The predicted molar refractivity (Wildman–Crippen MR) is 95.4 cm³/mol. The Balaban J connectivity index is 1.52. The van der Waals surface area contributed by atoms with Gasteiger partial charge in [-0.15, -0.1) is 0 Å². The van der Waals surface area contributed by atoms with Crippen LogP contribution in [-0.2, 0) is 6.42 Å². The number of H-pyrrole nitrogens is 1. The maximum absolute atomic E-state index is 13.0. The van der Waals surface area contributed by atoms with Crippen LogP contribution in [0.2, 0.25) is 0 Å². The molecule has 0 bridgehead atoms. The third kappa shape index (κ3) is 3.47. The van der Waals surface area contributed by atoms with Crippen molar-refractivity contribution in [3.8, 4) is 0 Å². The number of aliphatic hydroxyl groups excluding tert-OH is 1. The molecule has 2 saturated carbocycles. The first-order valence-corrected chi connectivity index (χ1v) is 9.19. The number of nitrogens with zero attached hydrogens (tertiary/aromatic N) is 1. The van der Waals surface area contributed by atoms with E-state index in [1.54, 1.807) is 0 Å². The number of aromatic amines is 1. The predicted octanol–water partition coefficient (Wildman–Crippen LogP) is 2.71. The van der Waals surface area contributed by atoms with Crippen LogP contribution in [0, 0.1) is 12.8 Å². The topological polar surface area (TPSA) is 78.0 Å². The Bertz CT molecular complexity index is 746. The number of benzene rings is 1. The smallest absolute Gasteiger partial charge is 0.255 e. The number of hydrogen-bond donors (Lipinski definition) is 3. The van der Waals surface area contributed by atoms with Gasteiger partial charge in [-0.3, -0.25) is 9.89 Å². The summed E-state index contributed by atoms with van der Waals surface area (Å²) in [7, 11) is 0. The number of carbonyl (C=O) groups is 1. The lowest BCUT2D eigenvalue weighted by atomic mass is 9.75. The second-order valence-electron chi connectivity index (χ2n) is 7.54. The molecule has 5 nitrogen and oxygen atoms in total. The molecule has 1 atom stereocenters. The fraction of sp³-hybridized carbons (Fsp3) is 0.500. The number of rotatable bonds is 6. The summed E-state index contributed by atoms with van der Waals surface area (Å²) < 4.78 is 0. The number of aromatic nitrogens is 2. The Morgan fingerprint density at radius 2 is 2.04 bits per heavy atom. The van der Waals surface area contributed by atoms with Crippen molar-refractivity contribution >= 4 is 5.91 Å². The molecule has 0 radical (unpaired) electrons. The summed E-state index contributed by atoms with van der Waals surface area (Å²) in [5.41, 5.74) is 3.69. The van der Waals surface area contributed by atoms with E-state index in [2.05, 4.69) is 27.6 Å². The van der Waals surface area contributed by atoms with E-state index in [1.165, 1.54) is 5.56 Å². The van der Waals surface area contributed by atoms with E-state index in [1.807, 2.05) is 25.1 Å². The van der Waals surface area contributed by atoms with E-state index in [4.69, 9.17) is 0 Å². The molecular formula is C20H25N3O2. The van der Waals surface area contributed by atoms with Gasteiger partial charge in [-0.05, 0) is 50.5 Å². The molecule has 1 heterocycles. The van der Waals surface area contributed by atoms with Crippen molar-refractivity contribution in [3.63, 3.8) is 0 Å². The van der Waals surface area contributed by atoms with Crippen LogP contribution in [0.5, 0.6) is 0 Å². The number of aryl methyl sites for hydroxylation is 1. The standard InChI is InChI=1S/C20H25N3O2/c1-12-18(19(23-22-12)14-7-8-14)20(25)21-17(15-10-16(24)11-15)9-13-5-3-2-4-6-13/h2-6,14-17,24H,7-11H2,1H3,(H,21,25)(H,22,23). The van der Waals surface area contributed by atoms with Crippen molar-refractivity contribution in [2.75, 3.05) is 0 Å². The quantitative estimate of drug-likeness (QED) is 0.757. The number of nitrogens with one attached hydrogen (secondary N) is 2. The van der Waals surface area contributed by atoms with Gasteiger partial charge in [0.05, 0.1) is 17.4 Å². The minimum absolute atomic E-state index is 0.0320. The molecule has 132 valence electrons. The van der Waals surface area contributed by atoms with Crippen molar-refractivity contribution in [3.05, 3.63) is 52.8 Å². The lowest BCUT2D eigenvalue weighted by molar-refractivity contribution is 0.0239. The molecule has 5 heteroatoms. The lowest BCUT2D eigenvalue weighted by Gasteiger charge is -2.38. The summed E-state index contributed by atoms with van der Waals surface area (Å²) in [4.78, 5) is 13.0. The van der Waals surface area contributed by atoms with Gasteiger partial charge in [-0.25, -0.2) is 0 Å². The molecule has 1 aromatic heterocycles. The van der Waals surface area contributed by atoms with Crippen LogP contribution in [0.15, 0.2) is 30.3 Å². The maximum Gasteiger partial charge on any atom is 0.255 e. The summed E-state index contributed by atoms with van der Waals surface area (Å²) in [6, 6.07) is 10.3. The van der Waals surface area contributed by atoms with E-state index in [-0.39, 0.29) is 18.1 Å². The van der Waals surface area contributed by atoms with Gasteiger partial charge in [0, 0.05) is 17.7 Å². The van der Waals surface area contributed by atoms with Crippen molar-refractivity contribution in [1.29, 1.82) is 0 Å². The second kappa shape index (κ2) is 6.64. The molecule has 2 aliphatic carbocycles. The van der Waals surface area contributed by atoms with Crippen LogP contribution in [0.25, 0.3) is 0 Å². The van der Waals surface area contributed by atoms with Crippen LogP contribution >= 0.6 is 0 Å². The average Bonchev–Trinajstić information content (AvgIpc) is 3.34. The highest BCUT2D eigenvalue weighted by Gasteiger charge is 2.37. The minimum atomic E-state index is -0.224. The fourth-order valence-electron chi connectivity index (χ4n) is 3.79. The van der Waals surface area contributed by atoms with Gasteiger partial charge in [-0.1, -0.05) is 30.3 Å².